The van der Waals surface area contributed by atoms with Crippen molar-refractivity contribution >= 4 is 5.97 Å². The number of rotatable bonds is 8. The van der Waals surface area contributed by atoms with Gasteiger partial charge in [-0.05, 0) is 38.4 Å². The number of carbonyl (C=O) groups is 1. The third kappa shape index (κ3) is 3.78. The van der Waals surface area contributed by atoms with Crippen LogP contribution in [-0.4, -0.2) is 36.6 Å². The summed E-state index contributed by atoms with van der Waals surface area (Å²) in [5.74, 6) is 1.25. The lowest BCUT2D eigenvalue weighted by atomic mass is 9.96. The van der Waals surface area contributed by atoms with E-state index in [-0.39, 0.29) is 6.79 Å². The van der Waals surface area contributed by atoms with E-state index < -0.39 is 11.5 Å². The fourth-order valence-corrected chi connectivity index (χ4v) is 2.24. The quantitative estimate of drug-likeness (QED) is 0.715. The Morgan fingerprint density at radius 2 is 2.19 bits per heavy atom. The van der Waals surface area contributed by atoms with Gasteiger partial charge in [0.25, 0.3) is 0 Å². The molecule has 1 aromatic rings. The summed E-state index contributed by atoms with van der Waals surface area (Å²) in [5.41, 5.74) is -0.910. The molecule has 0 saturated heterocycles. The van der Waals surface area contributed by atoms with Gasteiger partial charge in [0, 0.05) is 6.07 Å². The molecule has 1 atom stereocenters. The summed E-state index contributed by atoms with van der Waals surface area (Å²) in [7, 11) is 0. The van der Waals surface area contributed by atoms with Gasteiger partial charge in [-0.3, -0.25) is 4.79 Å². The van der Waals surface area contributed by atoms with Crippen LogP contribution in [0.25, 0.3) is 0 Å². The van der Waals surface area contributed by atoms with Crippen LogP contribution in [0.15, 0.2) is 18.2 Å². The molecule has 0 saturated carbocycles. The lowest BCUT2D eigenvalue weighted by Crippen LogP contribution is -2.49. The third-order valence-corrected chi connectivity index (χ3v) is 3.47. The standard InChI is InChI=1S/C15H21NO5/c1-3-16-15(2,14(17)18)7-4-8-19-11-5-6-12-13(9-11)21-10-20-12/h5-6,9,16H,3-4,7-8,10H2,1-2H3,(H,17,18). The average Bonchev–Trinajstić information content (AvgIpc) is 2.91. The van der Waals surface area contributed by atoms with Crippen LogP contribution < -0.4 is 19.5 Å². The highest BCUT2D eigenvalue weighted by Crippen LogP contribution is 2.35. The van der Waals surface area contributed by atoms with Gasteiger partial charge in [-0.2, -0.15) is 0 Å². The minimum atomic E-state index is -0.910. The monoisotopic (exact) mass is 295 g/mol. The number of ether oxygens (including phenoxy) is 3. The Morgan fingerprint density at radius 1 is 1.43 bits per heavy atom. The van der Waals surface area contributed by atoms with Crippen molar-refractivity contribution in [2.24, 2.45) is 0 Å². The van der Waals surface area contributed by atoms with Gasteiger partial charge in [-0.1, -0.05) is 6.92 Å². The van der Waals surface area contributed by atoms with Crippen molar-refractivity contribution in [2.75, 3.05) is 19.9 Å². The number of fused-ring (bicyclic) bond motifs is 1. The molecule has 0 amide bonds. The van der Waals surface area contributed by atoms with Crippen LogP contribution in [0, 0.1) is 0 Å². The van der Waals surface area contributed by atoms with E-state index in [1.165, 1.54) is 0 Å². The molecule has 1 heterocycles. The van der Waals surface area contributed by atoms with E-state index in [4.69, 9.17) is 14.2 Å². The predicted octanol–water partition coefficient (Wildman–Crippen LogP) is 2.03. The van der Waals surface area contributed by atoms with Gasteiger partial charge < -0.3 is 24.6 Å². The van der Waals surface area contributed by atoms with Gasteiger partial charge in [0.1, 0.15) is 11.3 Å². The second kappa shape index (κ2) is 6.67. The smallest absolute Gasteiger partial charge is 0.323 e. The summed E-state index contributed by atoms with van der Waals surface area (Å²) in [4.78, 5) is 11.3. The van der Waals surface area contributed by atoms with Gasteiger partial charge >= 0.3 is 5.97 Å². The first-order valence-electron chi connectivity index (χ1n) is 7.06. The minimum absolute atomic E-state index is 0.235. The zero-order valence-electron chi connectivity index (χ0n) is 12.3. The van der Waals surface area contributed by atoms with E-state index in [1.807, 2.05) is 13.0 Å². The normalized spacial score (nSPS) is 15.5. The summed E-state index contributed by atoms with van der Waals surface area (Å²) < 4.78 is 16.1. The highest BCUT2D eigenvalue weighted by Gasteiger charge is 2.31. The molecule has 21 heavy (non-hydrogen) atoms. The molecule has 0 aromatic heterocycles. The second-order valence-corrected chi connectivity index (χ2v) is 5.13. The van der Waals surface area contributed by atoms with Crippen molar-refractivity contribution in [3.63, 3.8) is 0 Å². The van der Waals surface area contributed by atoms with Crippen LogP contribution in [0.1, 0.15) is 26.7 Å². The van der Waals surface area contributed by atoms with Crippen molar-refractivity contribution in [3.05, 3.63) is 18.2 Å². The van der Waals surface area contributed by atoms with Gasteiger partial charge in [-0.15, -0.1) is 0 Å². The van der Waals surface area contributed by atoms with Crippen LogP contribution in [0.3, 0.4) is 0 Å². The molecular formula is C15H21NO5. The average molecular weight is 295 g/mol. The molecule has 1 aliphatic heterocycles. The van der Waals surface area contributed by atoms with Crippen LogP contribution in [-0.2, 0) is 4.79 Å². The molecule has 0 fully saturated rings. The van der Waals surface area contributed by atoms with Crippen molar-refractivity contribution in [1.29, 1.82) is 0 Å². The van der Waals surface area contributed by atoms with Crippen LogP contribution in [0.2, 0.25) is 0 Å². The topological polar surface area (TPSA) is 77.0 Å². The Hall–Kier alpha value is -1.95. The van der Waals surface area contributed by atoms with Gasteiger partial charge in [0.05, 0.1) is 6.61 Å². The van der Waals surface area contributed by atoms with Crippen LogP contribution in [0.4, 0.5) is 0 Å². The zero-order chi connectivity index (χ0) is 15.3. The van der Waals surface area contributed by atoms with E-state index in [1.54, 1.807) is 19.1 Å². The molecule has 116 valence electrons. The van der Waals surface area contributed by atoms with Crippen molar-refractivity contribution < 1.29 is 24.1 Å². The maximum Gasteiger partial charge on any atom is 0.323 e. The Bertz CT molecular complexity index is 505. The summed E-state index contributed by atoms with van der Waals surface area (Å²) in [5, 5.41) is 12.3. The molecule has 0 aliphatic carbocycles. The maximum atomic E-state index is 11.3. The Kier molecular flexibility index (Phi) is 4.90. The Labute approximate surface area is 124 Å². The van der Waals surface area contributed by atoms with E-state index >= 15 is 0 Å². The zero-order valence-corrected chi connectivity index (χ0v) is 12.3. The van der Waals surface area contributed by atoms with Crippen LogP contribution >= 0.6 is 0 Å². The molecule has 2 rings (SSSR count). The number of carboxylic acids is 1. The first-order chi connectivity index (χ1) is 10.0. The van der Waals surface area contributed by atoms with E-state index in [0.717, 1.165) is 0 Å². The number of hydrogen-bond acceptors (Lipinski definition) is 5. The van der Waals surface area contributed by atoms with E-state index in [0.29, 0.717) is 43.2 Å². The van der Waals surface area contributed by atoms with Crippen LogP contribution in [0.5, 0.6) is 17.2 Å². The molecule has 6 heteroatoms. The number of likely N-dealkylation sites (N-methyl/N-ethyl adjacent to an activating group) is 1. The minimum Gasteiger partial charge on any atom is -0.493 e. The lowest BCUT2D eigenvalue weighted by Gasteiger charge is -2.25. The summed E-state index contributed by atoms with van der Waals surface area (Å²) >= 11 is 0. The molecular weight excluding hydrogens is 274 g/mol. The third-order valence-electron chi connectivity index (χ3n) is 3.47. The number of nitrogens with one attached hydrogen (secondary N) is 1. The number of benzene rings is 1. The van der Waals surface area contributed by atoms with Gasteiger partial charge in [-0.25, -0.2) is 0 Å². The highest BCUT2D eigenvalue weighted by atomic mass is 16.7. The van der Waals surface area contributed by atoms with Gasteiger partial charge in [0.15, 0.2) is 11.5 Å². The van der Waals surface area contributed by atoms with E-state index in [2.05, 4.69) is 5.32 Å². The molecule has 1 aromatic carbocycles. The van der Waals surface area contributed by atoms with Crippen molar-refractivity contribution in [1.82, 2.24) is 5.32 Å². The highest BCUT2D eigenvalue weighted by molar-refractivity contribution is 5.78. The molecule has 2 N–H and O–H groups in total. The summed E-state index contributed by atoms with van der Waals surface area (Å²) in [6.45, 7) is 4.89. The molecule has 6 nitrogen and oxygen atoms in total. The summed E-state index contributed by atoms with van der Waals surface area (Å²) in [6, 6.07) is 5.40. The SMILES string of the molecule is CCNC(C)(CCCOc1ccc2c(c1)OCO2)C(=O)O. The Morgan fingerprint density at radius 3 is 2.90 bits per heavy atom. The molecule has 1 aliphatic rings. The summed E-state index contributed by atoms with van der Waals surface area (Å²) in [6.07, 6.45) is 1.14. The second-order valence-electron chi connectivity index (χ2n) is 5.13. The van der Waals surface area contributed by atoms with Crippen molar-refractivity contribution in [3.8, 4) is 17.2 Å². The number of hydrogen-bond donors (Lipinski definition) is 2. The first-order valence-corrected chi connectivity index (χ1v) is 7.06. The largest absolute Gasteiger partial charge is 0.493 e. The molecule has 1 unspecified atom stereocenters. The van der Waals surface area contributed by atoms with Crippen molar-refractivity contribution in [2.45, 2.75) is 32.2 Å². The molecule has 0 bridgehead atoms. The Balaban J connectivity index is 1.80. The van der Waals surface area contributed by atoms with E-state index in [9.17, 15) is 9.90 Å². The number of aliphatic carboxylic acids is 1. The number of carboxylic acid groups (broad SMARTS) is 1. The first kappa shape index (κ1) is 15.4. The predicted molar refractivity (Wildman–Crippen MR) is 77.0 cm³/mol. The fourth-order valence-electron chi connectivity index (χ4n) is 2.24. The van der Waals surface area contributed by atoms with Gasteiger partial charge in [0.2, 0.25) is 6.79 Å². The molecule has 0 spiro atoms. The maximum absolute atomic E-state index is 11.3. The fraction of sp³-hybridized carbons (Fsp3) is 0.533. The lowest BCUT2D eigenvalue weighted by molar-refractivity contribution is -0.144. The molecule has 0 radical (unpaired) electrons.